The van der Waals surface area contributed by atoms with E-state index in [1.165, 1.54) is 6.20 Å². The number of pyridine rings is 1. The molecule has 10 heteroatoms. The summed E-state index contributed by atoms with van der Waals surface area (Å²) in [5, 5.41) is 2.14. The third-order valence-electron chi connectivity index (χ3n) is 3.26. The highest BCUT2D eigenvalue weighted by Crippen LogP contribution is 2.36. The molecule has 1 aromatic carbocycles. The number of nitrogens with zero attached hydrogens (tertiary/aromatic N) is 1. The number of amides is 1. The van der Waals surface area contributed by atoms with Gasteiger partial charge in [0, 0.05) is 11.8 Å². The Morgan fingerprint density at radius 1 is 1.04 bits per heavy atom. The first-order valence-corrected chi connectivity index (χ1v) is 7.63. The molecule has 0 aliphatic heterocycles. The minimum Gasteiger partial charge on any atom is -0.479 e. The number of hydrogen-bond acceptors (Lipinski definition) is 3. The van der Waals surface area contributed by atoms with Crippen molar-refractivity contribution < 1.29 is 35.9 Å². The molecule has 0 atom stereocenters. The molecule has 0 fully saturated rings. The molecular weight excluding hydrogens is 390 g/mol. The van der Waals surface area contributed by atoms with Gasteiger partial charge in [-0.05, 0) is 30.3 Å². The number of halogens is 6. The van der Waals surface area contributed by atoms with Crippen molar-refractivity contribution in [2.45, 2.75) is 12.4 Å². The van der Waals surface area contributed by atoms with Crippen LogP contribution in [-0.2, 0) is 12.4 Å². The molecule has 28 heavy (non-hydrogen) atoms. The summed E-state index contributed by atoms with van der Waals surface area (Å²) in [6, 6.07) is 3.94. The Hall–Kier alpha value is -3.22. The van der Waals surface area contributed by atoms with Crippen LogP contribution >= 0.6 is 0 Å². The van der Waals surface area contributed by atoms with Gasteiger partial charge < -0.3 is 10.1 Å². The van der Waals surface area contributed by atoms with E-state index in [1.807, 2.05) is 0 Å². The maximum Gasteiger partial charge on any atom is 0.416 e. The van der Waals surface area contributed by atoms with Crippen LogP contribution in [0.25, 0.3) is 0 Å². The van der Waals surface area contributed by atoms with Crippen molar-refractivity contribution in [3.05, 3.63) is 59.4 Å². The molecule has 0 bridgehead atoms. The fourth-order valence-electron chi connectivity index (χ4n) is 1.98. The highest BCUT2D eigenvalue weighted by atomic mass is 19.4. The fraction of sp³-hybridized carbons (Fsp3) is 0.222. The van der Waals surface area contributed by atoms with Gasteiger partial charge in [0.25, 0.3) is 5.91 Å². The zero-order valence-electron chi connectivity index (χ0n) is 14.0. The number of benzene rings is 1. The maximum atomic E-state index is 12.8. The van der Waals surface area contributed by atoms with Gasteiger partial charge in [0.1, 0.15) is 12.4 Å². The van der Waals surface area contributed by atoms with Crippen molar-refractivity contribution in [3.63, 3.8) is 0 Å². The second-order valence-electron chi connectivity index (χ2n) is 5.31. The Balaban J connectivity index is 2.01. The predicted molar refractivity (Wildman–Crippen MR) is 86.3 cm³/mol. The summed E-state index contributed by atoms with van der Waals surface area (Å²) in [5.41, 5.74) is -3.90. The second-order valence-corrected chi connectivity index (χ2v) is 5.31. The quantitative estimate of drug-likeness (QED) is 0.623. The van der Waals surface area contributed by atoms with Crippen molar-refractivity contribution in [2.24, 2.45) is 0 Å². The molecule has 0 aliphatic rings. The Morgan fingerprint density at radius 3 is 2.21 bits per heavy atom. The predicted octanol–water partition coefficient (Wildman–Crippen LogP) is 3.93. The summed E-state index contributed by atoms with van der Waals surface area (Å²) in [5.74, 6) is 4.36. The molecule has 4 nitrogen and oxygen atoms in total. The molecule has 2 aromatic rings. The van der Waals surface area contributed by atoms with Crippen molar-refractivity contribution in [3.8, 4) is 17.6 Å². The molecule has 0 saturated carbocycles. The van der Waals surface area contributed by atoms with Gasteiger partial charge in [-0.2, -0.15) is 26.3 Å². The number of rotatable bonds is 4. The molecule has 0 saturated heterocycles. The van der Waals surface area contributed by atoms with Gasteiger partial charge in [-0.15, -0.1) is 0 Å². The smallest absolute Gasteiger partial charge is 0.416 e. The van der Waals surface area contributed by atoms with E-state index in [-0.39, 0.29) is 19.2 Å². The summed E-state index contributed by atoms with van der Waals surface area (Å²) in [6.45, 7) is -0.323. The topological polar surface area (TPSA) is 51.2 Å². The first-order chi connectivity index (χ1) is 13.1. The molecular formula is C18H12F6N2O2. The van der Waals surface area contributed by atoms with E-state index in [0.29, 0.717) is 17.9 Å². The number of aromatic nitrogens is 1. The highest BCUT2D eigenvalue weighted by molar-refractivity contribution is 5.94. The van der Waals surface area contributed by atoms with Gasteiger partial charge in [-0.3, -0.25) is 9.78 Å². The summed E-state index contributed by atoms with van der Waals surface area (Å²) in [7, 11) is 0. The molecule has 1 heterocycles. The third kappa shape index (κ3) is 6.19. The molecule has 1 aromatic heterocycles. The lowest BCUT2D eigenvalue weighted by atomic mass is 10.0. The van der Waals surface area contributed by atoms with Crippen molar-refractivity contribution in [1.82, 2.24) is 10.3 Å². The van der Waals surface area contributed by atoms with Crippen LogP contribution in [0.4, 0.5) is 26.3 Å². The first kappa shape index (κ1) is 21.1. The van der Waals surface area contributed by atoms with Crippen LogP contribution in [-0.4, -0.2) is 24.0 Å². The molecule has 0 aliphatic carbocycles. The minimum atomic E-state index is -5.03. The van der Waals surface area contributed by atoms with Crippen LogP contribution in [0.1, 0.15) is 21.5 Å². The molecule has 0 radical (unpaired) electrons. The average Bonchev–Trinajstić information content (AvgIpc) is 2.63. The largest absolute Gasteiger partial charge is 0.479 e. The lowest BCUT2D eigenvalue weighted by Gasteiger charge is -2.13. The zero-order chi connectivity index (χ0) is 20.8. The van der Waals surface area contributed by atoms with Crippen LogP contribution < -0.4 is 10.1 Å². The number of alkyl halides is 6. The maximum absolute atomic E-state index is 12.8. The second kappa shape index (κ2) is 8.65. The van der Waals surface area contributed by atoms with Crippen LogP contribution in [0.5, 0.6) is 5.75 Å². The molecule has 2 rings (SSSR count). The van der Waals surface area contributed by atoms with E-state index in [4.69, 9.17) is 4.74 Å². The van der Waals surface area contributed by atoms with Crippen molar-refractivity contribution in [1.29, 1.82) is 0 Å². The van der Waals surface area contributed by atoms with Crippen LogP contribution in [0.15, 0.2) is 42.7 Å². The van der Waals surface area contributed by atoms with Gasteiger partial charge in [0.05, 0.1) is 23.9 Å². The zero-order valence-corrected chi connectivity index (χ0v) is 14.0. The summed E-state index contributed by atoms with van der Waals surface area (Å²) in [4.78, 5) is 15.7. The van der Waals surface area contributed by atoms with Crippen molar-refractivity contribution in [2.75, 3.05) is 13.2 Å². The molecule has 1 amide bonds. The highest BCUT2D eigenvalue weighted by Gasteiger charge is 2.37. The number of hydrogen-bond donors (Lipinski definition) is 1. The number of ether oxygens (including phenoxy) is 1. The minimum absolute atomic E-state index is 0.0383. The van der Waals surface area contributed by atoms with Crippen molar-refractivity contribution >= 4 is 5.91 Å². The van der Waals surface area contributed by atoms with Crippen LogP contribution in [0, 0.1) is 11.8 Å². The normalized spacial score (nSPS) is 11.4. The fourth-order valence-corrected chi connectivity index (χ4v) is 1.98. The lowest BCUT2D eigenvalue weighted by molar-refractivity contribution is -0.143. The lowest BCUT2D eigenvalue weighted by Crippen LogP contribution is -2.25. The number of nitrogens with one attached hydrogen (secondary N) is 1. The van der Waals surface area contributed by atoms with E-state index >= 15 is 0 Å². The Morgan fingerprint density at radius 2 is 1.68 bits per heavy atom. The first-order valence-electron chi connectivity index (χ1n) is 7.63. The van der Waals surface area contributed by atoms with Crippen LogP contribution in [0.2, 0.25) is 0 Å². The van der Waals surface area contributed by atoms with E-state index in [2.05, 4.69) is 22.1 Å². The molecule has 0 spiro atoms. The summed E-state index contributed by atoms with van der Waals surface area (Å²) < 4.78 is 82.0. The van der Waals surface area contributed by atoms with Gasteiger partial charge >= 0.3 is 12.4 Å². The molecule has 148 valence electrons. The molecule has 0 unspecified atom stereocenters. The summed E-state index contributed by atoms with van der Waals surface area (Å²) >= 11 is 0. The Kier molecular flexibility index (Phi) is 6.51. The number of carbonyl (C=O) groups is 1. The van der Waals surface area contributed by atoms with E-state index < -0.39 is 35.0 Å². The average molecular weight is 402 g/mol. The Labute approximate surface area is 155 Å². The number of carbonyl (C=O) groups excluding carboxylic acids is 1. The van der Waals surface area contributed by atoms with Gasteiger partial charge in [-0.25, -0.2) is 0 Å². The monoisotopic (exact) mass is 402 g/mol. The van der Waals surface area contributed by atoms with Gasteiger partial charge in [-0.1, -0.05) is 11.8 Å². The van der Waals surface area contributed by atoms with E-state index in [0.717, 1.165) is 0 Å². The van der Waals surface area contributed by atoms with E-state index in [1.54, 1.807) is 18.3 Å². The molecule has 1 N–H and O–H groups in total. The summed E-state index contributed by atoms with van der Waals surface area (Å²) in [6.07, 6.45) is -7.05. The Bertz CT molecular complexity index is 851. The third-order valence-corrected chi connectivity index (χ3v) is 3.26. The standard InChI is InChI=1S/C18H12F6N2O2/c19-17(20,21)13-8-12(9-14(10-13)18(22,23)24)16(27)26-6-1-2-7-28-15-4-3-5-25-11-15/h3-5,8-11H,6-7H2,(H,26,27). The van der Waals surface area contributed by atoms with Gasteiger partial charge in [0.2, 0.25) is 0 Å². The van der Waals surface area contributed by atoms with Crippen LogP contribution in [0.3, 0.4) is 0 Å². The van der Waals surface area contributed by atoms with E-state index in [9.17, 15) is 31.1 Å². The van der Waals surface area contributed by atoms with Gasteiger partial charge in [0.15, 0.2) is 0 Å². The SMILES string of the molecule is O=C(NCC#CCOc1cccnc1)c1cc(C(F)(F)F)cc(C(F)(F)F)c1.